The smallest absolute Gasteiger partial charge is 0.0824 e. The van der Waals surface area contributed by atoms with Crippen LogP contribution in [0.1, 0.15) is 33.1 Å². The van der Waals surface area contributed by atoms with Crippen LogP contribution in [-0.4, -0.2) is 39.5 Å². The summed E-state index contributed by atoms with van der Waals surface area (Å²) in [6.45, 7) is 4.00. The molecule has 1 heterocycles. The van der Waals surface area contributed by atoms with E-state index in [2.05, 4.69) is 22.9 Å². The third-order valence-corrected chi connectivity index (χ3v) is 3.66. The Morgan fingerprint density at radius 2 is 1.86 bits per heavy atom. The Hall–Kier alpha value is 0.360. The highest BCUT2D eigenvalue weighted by Gasteiger charge is 2.30. The van der Waals surface area contributed by atoms with Crippen molar-refractivity contribution < 1.29 is 14.9 Å². The van der Waals surface area contributed by atoms with Gasteiger partial charge in [-0.25, -0.2) is 0 Å². The third kappa shape index (κ3) is 3.19. The van der Waals surface area contributed by atoms with Crippen molar-refractivity contribution in [3.05, 3.63) is 0 Å². The Bertz CT molecular complexity index is 177. The number of aliphatic hydroxyl groups excluding tert-OH is 2. The van der Waals surface area contributed by atoms with Gasteiger partial charge in [-0.2, -0.15) is 0 Å². The molecule has 1 fully saturated rings. The summed E-state index contributed by atoms with van der Waals surface area (Å²) in [6.07, 6.45) is 0.812. The van der Waals surface area contributed by atoms with Gasteiger partial charge in [-0.15, -0.1) is 0 Å². The fourth-order valence-corrected chi connectivity index (χ4v) is 2.71. The molecule has 1 rings (SSSR count). The highest BCUT2D eigenvalue weighted by molar-refractivity contribution is 9.09. The molecule has 0 aromatic rings. The molecule has 0 unspecified atom stereocenters. The minimum atomic E-state index is -0.664. The monoisotopic (exact) mass is 266 g/mol. The first-order valence-corrected chi connectivity index (χ1v) is 6.11. The normalized spacial score (nSPS) is 45.6. The van der Waals surface area contributed by atoms with Crippen molar-refractivity contribution in [2.24, 2.45) is 0 Å². The average molecular weight is 267 g/mol. The van der Waals surface area contributed by atoms with Gasteiger partial charge >= 0.3 is 0 Å². The van der Waals surface area contributed by atoms with Gasteiger partial charge in [0.2, 0.25) is 0 Å². The molecule has 4 heteroatoms. The Morgan fingerprint density at radius 1 is 1.29 bits per heavy atom. The second-order valence-electron chi connectivity index (χ2n) is 4.02. The number of hydrogen-bond acceptors (Lipinski definition) is 3. The molecule has 14 heavy (non-hydrogen) atoms. The second kappa shape index (κ2) is 5.45. The summed E-state index contributed by atoms with van der Waals surface area (Å²) < 4.78 is 5.75. The predicted octanol–water partition coefficient (Wildman–Crippen LogP) is 1.45. The summed E-state index contributed by atoms with van der Waals surface area (Å²) in [6, 6.07) is 0. The van der Waals surface area contributed by atoms with E-state index in [0.717, 1.165) is 6.42 Å². The van der Waals surface area contributed by atoms with Crippen molar-refractivity contribution in [2.45, 2.75) is 62.4 Å². The number of rotatable bonds is 1. The summed E-state index contributed by atoms with van der Waals surface area (Å²) in [7, 11) is 0. The molecule has 0 aromatic carbocycles. The molecule has 0 saturated carbocycles. The fraction of sp³-hybridized carbons (Fsp3) is 1.00. The Morgan fingerprint density at radius 3 is 2.43 bits per heavy atom. The van der Waals surface area contributed by atoms with E-state index >= 15 is 0 Å². The summed E-state index contributed by atoms with van der Waals surface area (Å²) in [5, 5.41) is 19.2. The lowest BCUT2D eigenvalue weighted by Crippen LogP contribution is -2.40. The van der Waals surface area contributed by atoms with Gasteiger partial charge in [0.15, 0.2) is 0 Å². The van der Waals surface area contributed by atoms with Crippen LogP contribution in [0, 0.1) is 0 Å². The van der Waals surface area contributed by atoms with E-state index in [4.69, 9.17) is 4.74 Å². The van der Waals surface area contributed by atoms with Crippen LogP contribution in [0.15, 0.2) is 0 Å². The summed E-state index contributed by atoms with van der Waals surface area (Å²) >= 11 is 3.50. The molecule has 0 bridgehead atoms. The number of ether oxygens (including phenoxy) is 1. The third-order valence-electron chi connectivity index (χ3n) is 2.70. The van der Waals surface area contributed by atoms with E-state index in [1.165, 1.54) is 0 Å². The van der Waals surface area contributed by atoms with E-state index in [-0.39, 0.29) is 17.0 Å². The number of alkyl halides is 1. The molecular formula is C10H19BrO3. The summed E-state index contributed by atoms with van der Waals surface area (Å²) in [4.78, 5) is 0.125. The van der Waals surface area contributed by atoms with Crippen LogP contribution >= 0.6 is 15.9 Å². The maximum absolute atomic E-state index is 9.65. The highest BCUT2D eigenvalue weighted by Crippen LogP contribution is 2.25. The van der Waals surface area contributed by atoms with Crippen LogP contribution < -0.4 is 0 Å². The Kier molecular flexibility index (Phi) is 4.83. The molecule has 0 amide bonds. The fourth-order valence-electron chi connectivity index (χ4n) is 1.83. The van der Waals surface area contributed by atoms with Gasteiger partial charge in [0.1, 0.15) is 0 Å². The van der Waals surface area contributed by atoms with Gasteiger partial charge in [-0.1, -0.05) is 22.9 Å². The molecule has 84 valence electrons. The van der Waals surface area contributed by atoms with E-state index in [0.29, 0.717) is 12.8 Å². The van der Waals surface area contributed by atoms with Gasteiger partial charge in [0.05, 0.1) is 24.4 Å². The van der Waals surface area contributed by atoms with Crippen molar-refractivity contribution in [2.75, 3.05) is 0 Å². The Labute approximate surface area is 93.6 Å². The first-order valence-electron chi connectivity index (χ1n) is 5.20. The molecular weight excluding hydrogens is 248 g/mol. The van der Waals surface area contributed by atoms with Crippen LogP contribution in [0.2, 0.25) is 0 Å². The van der Waals surface area contributed by atoms with Crippen molar-refractivity contribution in [3.63, 3.8) is 0 Å². The van der Waals surface area contributed by atoms with Gasteiger partial charge < -0.3 is 14.9 Å². The lowest BCUT2D eigenvalue weighted by atomic mass is 9.98. The molecule has 0 spiro atoms. The van der Waals surface area contributed by atoms with E-state index in [1.54, 1.807) is 0 Å². The zero-order valence-electron chi connectivity index (χ0n) is 8.69. The largest absolute Gasteiger partial charge is 0.390 e. The van der Waals surface area contributed by atoms with Crippen molar-refractivity contribution in [1.29, 1.82) is 0 Å². The van der Waals surface area contributed by atoms with Crippen LogP contribution in [0.3, 0.4) is 0 Å². The molecule has 5 atom stereocenters. The number of halogens is 1. The second-order valence-corrected chi connectivity index (χ2v) is 5.19. The first kappa shape index (κ1) is 12.4. The predicted molar refractivity (Wildman–Crippen MR) is 58.6 cm³/mol. The molecule has 0 aromatic heterocycles. The van der Waals surface area contributed by atoms with E-state index in [1.807, 2.05) is 6.92 Å². The average Bonchev–Trinajstić information content (AvgIpc) is 2.12. The van der Waals surface area contributed by atoms with E-state index < -0.39 is 12.2 Å². The molecule has 1 aliphatic rings. The highest BCUT2D eigenvalue weighted by atomic mass is 79.9. The van der Waals surface area contributed by atoms with Crippen molar-refractivity contribution >= 4 is 15.9 Å². The lowest BCUT2D eigenvalue weighted by molar-refractivity contribution is -0.0810. The molecule has 3 nitrogen and oxygen atoms in total. The topological polar surface area (TPSA) is 49.7 Å². The molecule has 1 saturated heterocycles. The molecule has 0 radical (unpaired) electrons. The zero-order chi connectivity index (χ0) is 10.7. The molecule has 1 aliphatic heterocycles. The minimum Gasteiger partial charge on any atom is -0.390 e. The standard InChI is InChI=1S/C10H19BrO3/c1-3-10-7(11)5-9(13)8(12)4-6(2)14-10/h6-10,12-13H,3-5H2,1-2H3/t6-,7+,8+,9-,10-/m1/s1. The van der Waals surface area contributed by atoms with Gasteiger partial charge in [-0.05, 0) is 19.8 Å². The number of aliphatic hydroxyl groups is 2. The Balaban J connectivity index is 2.62. The maximum atomic E-state index is 9.65. The van der Waals surface area contributed by atoms with Crippen molar-refractivity contribution in [3.8, 4) is 0 Å². The molecule has 0 aliphatic carbocycles. The minimum absolute atomic E-state index is 0.00458. The maximum Gasteiger partial charge on any atom is 0.0824 e. The van der Waals surface area contributed by atoms with Gasteiger partial charge in [0, 0.05) is 11.2 Å². The van der Waals surface area contributed by atoms with Crippen LogP contribution in [0.4, 0.5) is 0 Å². The van der Waals surface area contributed by atoms with Gasteiger partial charge in [-0.3, -0.25) is 0 Å². The first-order chi connectivity index (χ1) is 6.54. The van der Waals surface area contributed by atoms with E-state index in [9.17, 15) is 10.2 Å². The lowest BCUT2D eigenvalue weighted by Gasteiger charge is -2.33. The van der Waals surface area contributed by atoms with Crippen LogP contribution in [-0.2, 0) is 4.74 Å². The van der Waals surface area contributed by atoms with Crippen LogP contribution in [0.5, 0.6) is 0 Å². The summed E-state index contributed by atoms with van der Waals surface area (Å²) in [5.74, 6) is 0. The summed E-state index contributed by atoms with van der Waals surface area (Å²) in [5.41, 5.74) is 0. The van der Waals surface area contributed by atoms with Crippen LogP contribution in [0.25, 0.3) is 0 Å². The zero-order valence-corrected chi connectivity index (χ0v) is 10.3. The van der Waals surface area contributed by atoms with Crippen molar-refractivity contribution in [1.82, 2.24) is 0 Å². The van der Waals surface area contributed by atoms with Gasteiger partial charge in [0.25, 0.3) is 0 Å². The number of hydrogen-bond donors (Lipinski definition) is 2. The molecule has 2 N–H and O–H groups in total. The SMILES string of the molecule is CC[C@H]1O[C@H](C)C[C@H](O)[C@H](O)C[C@@H]1Br. The quantitative estimate of drug-likeness (QED) is 0.707.